The molecule has 1 aliphatic heterocycles. The summed E-state index contributed by atoms with van der Waals surface area (Å²) < 4.78 is 0. The van der Waals surface area contributed by atoms with Crippen LogP contribution < -0.4 is 5.73 Å². The number of carbonyl (C=O) groups is 1. The molecule has 3 nitrogen and oxygen atoms in total. The summed E-state index contributed by atoms with van der Waals surface area (Å²) in [7, 11) is 0. The number of hydrogen-bond acceptors (Lipinski definition) is 2. The molecular formula is C11H16N2O. The number of allylic oxidation sites excluding steroid dienone is 2. The predicted molar refractivity (Wildman–Crippen MR) is 55.1 cm³/mol. The molecule has 0 radical (unpaired) electrons. The smallest absolute Gasteiger partial charge is 0.274 e. The lowest BCUT2D eigenvalue weighted by atomic mass is 9.98. The van der Waals surface area contributed by atoms with Gasteiger partial charge in [0, 0.05) is 17.3 Å². The first-order chi connectivity index (χ1) is 6.63. The van der Waals surface area contributed by atoms with Crippen LogP contribution in [0.5, 0.6) is 0 Å². The van der Waals surface area contributed by atoms with Gasteiger partial charge in [0.1, 0.15) is 5.70 Å². The van der Waals surface area contributed by atoms with Crippen LogP contribution in [0.2, 0.25) is 0 Å². The van der Waals surface area contributed by atoms with Gasteiger partial charge >= 0.3 is 0 Å². The van der Waals surface area contributed by atoms with Gasteiger partial charge in [-0.05, 0) is 33.1 Å². The van der Waals surface area contributed by atoms with E-state index >= 15 is 0 Å². The SMILES string of the molecule is CC(C)N1C(=O)C(N)=C2CCCC=C21. The van der Waals surface area contributed by atoms with E-state index in [1.54, 1.807) is 0 Å². The Labute approximate surface area is 84.3 Å². The number of hydrogen-bond donors (Lipinski definition) is 1. The minimum absolute atomic E-state index is 0.0110. The van der Waals surface area contributed by atoms with Gasteiger partial charge in [-0.1, -0.05) is 6.08 Å². The second-order valence-electron chi connectivity index (χ2n) is 4.14. The standard InChI is InChI=1S/C11H16N2O/c1-7(2)13-9-6-4-3-5-8(9)10(12)11(13)14/h6-7H,3-5,12H2,1-2H3. The number of nitrogens with two attached hydrogens (primary N) is 1. The molecular weight excluding hydrogens is 176 g/mol. The molecule has 0 unspecified atom stereocenters. The van der Waals surface area contributed by atoms with Crippen LogP contribution in [0, 0.1) is 0 Å². The first-order valence-electron chi connectivity index (χ1n) is 5.15. The third kappa shape index (κ3) is 1.15. The Bertz CT molecular complexity index is 339. The van der Waals surface area contributed by atoms with E-state index in [2.05, 4.69) is 6.08 Å². The van der Waals surface area contributed by atoms with E-state index < -0.39 is 0 Å². The van der Waals surface area contributed by atoms with E-state index in [0.29, 0.717) is 5.70 Å². The summed E-state index contributed by atoms with van der Waals surface area (Å²) in [6.07, 6.45) is 5.25. The number of carbonyl (C=O) groups excluding carboxylic acids is 1. The Kier molecular flexibility index (Phi) is 2.10. The van der Waals surface area contributed by atoms with E-state index in [9.17, 15) is 4.79 Å². The molecule has 2 aliphatic rings. The van der Waals surface area contributed by atoms with Crippen LogP contribution in [0.3, 0.4) is 0 Å². The van der Waals surface area contributed by atoms with Crippen molar-refractivity contribution in [2.45, 2.75) is 39.2 Å². The lowest BCUT2D eigenvalue weighted by molar-refractivity contribution is -0.125. The van der Waals surface area contributed by atoms with Crippen LogP contribution in [0.4, 0.5) is 0 Å². The Balaban J connectivity index is 2.44. The van der Waals surface area contributed by atoms with Gasteiger partial charge in [0.05, 0.1) is 0 Å². The minimum atomic E-state index is -0.0110. The van der Waals surface area contributed by atoms with Crippen molar-refractivity contribution in [2.75, 3.05) is 0 Å². The van der Waals surface area contributed by atoms with Crippen LogP contribution in [-0.2, 0) is 4.79 Å². The van der Waals surface area contributed by atoms with Gasteiger partial charge in [0.15, 0.2) is 0 Å². The van der Waals surface area contributed by atoms with Gasteiger partial charge in [0.2, 0.25) is 0 Å². The molecule has 0 saturated carbocycles. The number of amides is 1. The number of rotatable bonds is 1. The molecule has 76 valence electrons. The highest BCUT2D eigenvalue weighted by Crippen LogP contribution is 2.35. The van der Waals surface area contributed by atoms with E-state index in [0.717, 1.165) is 30.5 Å². The Hall–Kier alpha value is -1.25. The fourth-order valence-corrected chi connectivity index (χ4v) is 2.17. The van der Waals surface area contributed by atoms with Gasteiger partial charge in [-0.3, -0.25) is 4.79 Å². The highest BCUT2D eigenvalue weighted by molar-refractivity contribution is 5.99. The molecule has 0 saturated heterocycles. The third-order valence-corrected chi connectivity index (χ3v) is 2.83. The monoisotopic (exact) mass is 192 g/mol. The van der Waals surface area contributed by atoms with Gasteiger partial charge < -0.3 is 10.6 Å². The molecule has 0 spiro atoms. The Morgan fingerprint density at radius 1 is 1.50 bits per heavy atom. The molecule has 2 N–H and O–H groups in total. The number of fused-ring (bicyclic) bond motifs is 1. The van der Waals surface area contributed by atoms with Gasteiger partial charge in [-0.2, -0.15) is 0 Å². The lowest BCUT2D eigenvalue weighted by Gasteiger charge is -2.25. The van der Waals surface area contributed by atoms with Crippen molar-refractivity contribution in [1.29, 1.82) is 0 Å². The highest BCUT2D eigenvalue weighted by Gasteiger charge is 2.35. The molecule has 0 aromatic carbocycles. The van der Waals surface area contributed by atoms with Crippen LogP contribution in [-0.4, -0.2) is 16.8 Å². The summed E-state index contributed by atoms with van der Waals surface area (Å²) in [5.41, 5.74) is 8.40. The van der Waals surface area contributed by atoms with Crippen LogP contribution >= 0.6 is 0 Å². The van der Waals surface area contributed by atoms with Crippen LogP contribution in [0.25, 0.3) is 0 Å². The van der Waals surface area contributed by atoms with E-state index in [1.807, 2.05) is 18.7 Å². The fraction of sp³-hybridized carbons (Fsp3) is 0.545. The Morgan fingerprint density at radius 2 is 2.21 bits per heavy atom. The fourth-order valence-electron chi connectivity index (χ4n) is 2.17. The first kappa shape index (κ1) is 9.31. The van der Waals surface area contributed by atoms with Gasteiger partial charge in [-0.15, -0.1) is 0 Å². The summed E-state index contributed by atoms with van der Waals surface area (Å²) in [6.45, 7) is 4.03. The molecule has 0 aromatic rings. The summed E-state index contributed by atoms with van der Waals surface area (Å²) in [5, 5.41) is 0. The molecule has 14 heavy (non-hydrogen) atoms. The first-order valence-corrected chi connectivity index (χ1v) is 5.15. The second kappa shape index (κ2) is 3.15. The average Bonchev–Trinajstić information content (AvgIpc) is 2.41. The molecule has 1 aliphatic carbocycles. The highest BCUT2D eigenvalue weighted by atomic mass is 16.2. The lowest BCUT2D eigenvalue weighted by Crippen LogP contribution is -2.33. The zero-order valence-corrected chi connectivity index (χ0v) is 8.71. The minimum Gasteiger partial charge on any atom is -0.394 e. The average molecular weight is 192 g/mol. The van der Waals surface area contributed by atoms with E-state index in [1.165, 1.54) is 0 Å². The molecule has 0 bridgehead atoms. The quantitative estimate of drug-likeness (QED) is 0.684. The zero-order valence-electron chi connectivity index (χ0n) is 8.71. The van der Waals surface area contributed by atoms with Crippen molar-refractivity contribution in [3.8, 4) is 0 Å². The largest absolute Gasteiger partial charge is 0.394 e. The molecule has 0 fully saturated rings. The predicted octanol–water partition coefficient (Wildman–Crippen LogP) is 1.52. The molecule has 3 heteroatoms. The Morgan fingerprint density at radius 3 is 2.86 bits per heavy atom. The maximum absolute atomic E-state index is 11.8. The molecule has 2 rings (SSSR count). The van der Waals surface area contributed by atoms with Crippen molar-refractivity contribution in [2.24, 2.45) is 5.73 Å². The number of nitrogens with zero attached hydrogens (tertiary/aromatic N) is 1. The topological polar surface area (TPSA) is 46.3 Å². The summed E-state index contributed by atoms with van der Waals surface area (Å²) in [6, 6.07) is 0.197. The maximum Gasteiger partial charge on any atom is 0.274 e. The van der Waals surface area contributed by atoms with Crippen molar-refractivity contribution in [1.82, 2.24) is 4.90 Å². The van der Waals surface area contributed by atoms with Crippen molar-refractivity contribution in [3.05, 3.63) is 23.0 Å². The molecule has 0 aromatic heterocycles. The van der Waals surface area contributed by atoms with Crippen molar-refractivity contribution < 1.29 is 4.79 Å². The zero-order chi connectivity index (χ0) is 10.3. The van der Waals surface area contributed by atoms with Crippen molar-refractivity contribution in [3.63, 3.8) is 0 Å². The summed E-state index contributed by atoms with van der Waals surface area (Å²) >= 11 is 0. The molecule has 1 heterocycles. The van der Waals surface area contributed by atoms with Gasteiger partial charge in [-0.25, -0.2) is 0 Å². The summed E-state index contributed by atoms with van der Waals surface area (Å²) in [4.78, 5) is 13.6. The van der Waals surface area contributed by atoms with E-state index in [-0.39, 0.29) is 11.9 Å². The van der Waals surface area contributed by atoms with Gasteiger partial charge in [0.25, 0.3) is 5.91 Å². The maximum atomic E-state index is 11.8. The van der Waals surface area contributed by atoms with Crippen molar-refractivity contribution >= 4 is 5.91 Å². The second-order valence-corrected chi connectivity index (χ2v) is 4.14. The van der Waals surface area contributed by atoms with Crippen LogP contribution in [0.1, 0.15) is 33.1 Å². The van der Waals surface area contributed by atoms with E-state index in [4.69, 9.17) is 5.73 Å². The third-order valence-electron chi connectivity index (χ3n) is 2.83. The molecule has 1 amide bonds. The molecule has 0 atom stereocenters. The normalized spacial score (nSPS) is 21.8. The van der Waals surface area contributed by atoms with Crippen LogP contribution in [0.15, 0.2) is 23.0 Å². The summed E-state index contributed by atoms with van der Waals surface area (Å²) in [5.74, 6) is -0.0110.